The van der Waals surface area contributed by atoms with Gasteiger partial charge < -0.3 is 4.74 Å². The number of nitrogens with zero attached hydrogens (tertiary/aromatic N) is 8. The van der Waals surface area contributed by atoms with E-state index in [9.17, 15) is 0 Å². The molecule has 11 heteroatoms. The Labute approximate surface area is 347 Å². The molecular weight excluding hydrogens is 733 g/mol. The lowest BCUT2D eigenvalue weighted by Crippen LogP contribution is -2.42. The molecule has 0 spiro atoms. The summed E-state index contributed by atoms with van der Waals surface area (Å²) in [6.07, 6.45) is 4.81. The first-order chi connectivity index (χ1) is 28.1. The van der Waals surface area contributed by atoms with Crippen molar-refractivity contribution in [3.05, 3.63) is 91.8 Å². The molecule has 0 saturated heterocycles. The number of benzene rings is 2. The number of ether oxygens (including phenoxy) is 1. The van der Waals surface area contributed by atoms with Crippen LogP contribution >= 0.6 is 0 Å². The summed E-state index contributed by atoms with van der Waals surface area (Å²) in [4.78, 5) is 10.7. The van der Waals surface area contributed by atoms with Gasteiger partial charge in [-0.05, 0) is 128 Å². The van der Waals surface area contributed by atoms with E-state index in [0.29, 0.717) is 0 Å². The van der Waals surface area contributed by atoms with Gasteiger partial charge in [-0.3, -0.25) is 10.2 Å². The largest absolute Gasteiger partial charge is 0.356 e. The van der Waals surface area contributed by atoms with Crippen molar-refractivity contribution in [1.29, 1.82) is 0 Å². The molecule has 0 aliphatic rings. The van der Waals surface area contributed by atoms with Gasteiger partial charge in [0.05, 0.1) is 56.1 Å². The predicted octanol–water partition coefficient (Wildman–Crippen LogP) is 11.5. The second-order valence-corrected chi connectivity index (χ2v) is 17.2. The average molecular weight is 793 g/mol. The smallest absolute Gasteiger partial charge is 0.186 e. The number of H-pyrrole nitrogens is 2. The lowest BCUT2D eigenvalue weighted by molar-refractivity contribution is -0.183. The van der Waals surface area contributed by atoms with E-state index in [1.165, 1.54) is 44.5 Å². The summed E-state index contributed by atoms with van der Waals surface area (Å²) in [5.41, 5.74) is 19.0. The molecule has 0 amide bonds. The fraction of sp³-hybridized carbons (Fsp3) is 0.458. The minimum Gasteiger partial charge on any atom is -0.356 e. The normalized spacial score (nSPS) is 14.3. The van der Waals surface area contributed by atoms with Crippen molar-refractivity contribution in [3.8, 4) is 22.3 Å². The quantitative estimate of drug-likeness (QED) is 0.126. The van der Waals surface area contributed by atoms with Crippen LogP contribution in [-0.4, -0.2) is 49.6 Å². The van der Waals surface area contributed by atoms with E-state index in [-0.39, 0.29) is 0 Å². The van der Waals surface area contributed by atoms with Gasteiger partial charge in [0.15, 0.2) is 22.6 Å². The second kappa shape index (κ2) is 14.7. The zero-order valence-electron chi connectivity index (χ0n) is 37.5. The van der Waals surface area contributed by atoms with Gasteiger partial charge in [-0.2, -0.15) is 29.4 Å². The van der Waals surface area contributed by atoms with E-state index in [4.69, 9.17) is 35.1 Å². The molecule has 8 rings (SSSR count). The number of hydrogen-bond acceptors (Lipinski definition) is 7. The zero-order chi connectivity index (χ0) is 42.3. The maximum atomic E-state index is 7.87. The molecule has 2 unspecified atom stereocenters. The maximum absolute atomic E-state index is 7.87. The van der Waals surface area contributed by atoms with Crippen molar-refractivity contribution in [2.24, 2.45) is 0 Å². The third kappa shape index (κ3) is 6.09. The Hall–Kier alpha value is -5.42. The standard InChI is InChI=1S/C48H60N10O/c1-15-19-47(17-3,41-39-31(11)49-43-37(33(13)55-57(43)45(39)53-51-41)35-27(7)21-25(5)22-28(35)8)59-48(18-4,20-16-2)42-40-32(12)50-44-38(34(14)56-58(44)46(40)54-52-42)36-29(9)23-26(6)24-30(36)10/h21-24H,15-20H2,1-14H3,(H,51,53)(H,52,54). The molecule has 6 aromatic heterocycles. The topological polar surface area (TPSA) is 127 Å². The molecule has 2 N–H and O–H groups in total. The number of nitrogens with one attached hydrogen (secondary N) is 2. The van der Waals surface area contributed by atoms with Crippen molar-refractivity contribution < 1.29 is 4.74 Å². The van der Waals surface area contributed by atoms with Gasteiger partial charge in [0.1, 0.15) is 11.2 Å². The Bertz CT molecular complexity index is 2700. The maximum Gasteiger partial charge on any atom is 0.186 e. The van der Waals surface area contributed by atoms with Crippen molar-refractivity contribution >= 4 is 33.4 Å². The van der Waals surface area contributed by atoms with Gasteiger partial charge in [-0.25, -0.2) is 9.97 Å². The van der Waals surface area contributed by atoms with Crippen LogP contribution in [0, 0.1) is 69.2 Å². The number of aryl methyl sites for hydroxylation is 10. The number of hydrogen-bond donors (Lipinski definition) is 2. The molecule has 0 saturated carbocycles. The highest BCUT2D eigenvalue weighted by Crippen LogP contribution is 2.49. The summed E-state index contributed by atoms with van der Waals surface area (Å²) in [5, 5.41) is 29.3. The Kier molecular flexibility index (Phi) is 10.1. The Balaban J connectivity index is 1.31. The highest BCUT2D eigenvalue weighted by atomic mass is 16.5. The van der Waals surface area contributed by atoms with Gasteiger partial charge in [-0.15, -0.1) is 0 Å². The monoisotopic (exact) mass is 792 g/mol. The molecule has 2 atom stereocenters. The SMILES string of the molecule is CCCC(CC)(OC(CC)(CCC)c1[nH]nc2c1c(C)nc1c(-c3c(C)cc(C)cc3C)c(C)nn12)c1[nH]nc2c1c(C)nc1c(-c3c(C)cc(C)cc3C)c(C)nn12. The van der Waals surface area contributed by atoms with Crippen molar-refractivity contribution in [3.63, 3.8) is 0 Å². The summed E-state index contributed by atoms with van der Waals surface area (Å²) in [7, 11) is 0. The fourth-order valence-electron chi connectivity index (χ4n) is 10.5. The van der Waals surface area contributed by atoms with Crippen LogP contribution in [0.1, 0.15) is 134 Å². The van der Waals surface area contributed by atoms with E-state index < -0.39 is 11.2 Å². The molecule has 0 fully saturated rings. The van der Waals surface area contributed by atoms with E-state index in [0.717, 1.165) is 117 Å². The molecule has 6 heterocycles. The average Bonchev–Trinajstić information content (AvgIpc) is 3.96. The third-order valence-electron chi connectivity index (χ3n) is 12.8. The third-order valence-corrected chi connectivity index (χ3v) is 12.8. The number of aromatic nitrogens is 10. The molecule has 308 valence electrons. The molecule has 0 radical (unpaired) electrons. The Morgan fingerprint density at radius 1 is 0.492 bits per heavy atom. The van der Waals surface area contributed by atoms with Gasteiger partial charge in [0, 0.05) is 0 Å². The first-order valence-corrected chi connectivity index (χ1v) is 21.5. The molecule has 0 aliphatic carbocycles. The van der Waals surface area contributed by atoms with Crippen molar-refractivity contribution in [2.75, 3.05) is 0 Å². The van der Waals surface area contributed by atoms with Crippen LogP contribution in [0.25, 0.3) is 55.6 Å². The zero-order valence-corrected chi connectivity index (χ0v) is 37.5. The molecule has 2 aromatic carbocycles. The highest BCUT2D eigenvalue weighted by molar-refractivity contribution is 5.92. The molecule has 8 aromatic rings. The van der Waals surface area contributed by atoms with Gasteiger partial charge >= 0.3 is 0 Å². The van der Waals surface area contributed by atoms with E-state index in [1.807, 2.05) is 9.03 Å². The molecule has 59 heavy (non-hydrogen) atoms. The van der Waals surface area contributed by atoms with Gasteiger partial charge in [0.2, 0.25) is 0 Å². The Morgan fingerprint density at radius 2 is 0.847 bits per heavy atom. The van der Waals surface area contributed by atoms with Gasteiger partial charge in [0.25, 0.3) is 0 Å². The van der Waals surface area contributed by atoms with Crippen LogP contribution in [0.3, 0.4) is 0 Å². The minimum absolute atomic E-state index is 0.719. The minimum atomic E-state index is -0.733. The first-order valence-electron chi connectivity index (χ1n) is 21.5. The van der Waals surface area contributed by atoms with E-state index in [1.54, 1.807) is 0 Å². The van der Waals surface area contributed by atoms with Crippen LogP contribution in [0.4, 0.5) is 0 Å². The summed E-state index contributed by atoms with van der Waals surface area (Å²) in [6.45, 7) is 30.2. The summed E-state index contributed by atoms with van der Waals surface area (Å²) in [5.74, 6) is 0. The molecule has 11 nitrogen and oxygen atoms in total. The summed E-state index contributed by atoms with van der Waals surface area (Å²) in [6, 6.07) is 8.95. The van der Waals surface area contributed by atoms with Crippen LogP contribution in [0.15, 0.2) is 24.3 Å². The second-order valence-electron chi connectivity index (χ2n) is 17.2. The number of fused-ring (bicyclic) bond motifs is 6. The highest BCUT2D eigenvalue weighted by Gasteiger charge is 2.46. The van der Waals surface area contributed by atoms with Crippen LogP contribution in [0.5, 0.6) is 0 Å². The van der Waals surface area contributed by atoms with Crippen LogP contribution < -0.4 is 0 Å². The molecular formula is C48H60N10O. The fourth-order valence-corrected chi connectivity index (χ4v) is 10.5. The Morgan fingerprint density at radius 3 is 1.17 bits per heavy atom. The lowest BCUT2D eigenvalue weighted by Gasteiger charge is -2.43. The summed E-state index contributed by atoms with van der Waals surface area (Å²) >= 11 is 0. The molecule has 0 bridgehead atoms. The predicted molar refractivity (Wildman–Crippen MR) is 238 cm³/mol. The first kappa shape index (κ1) is 40.4. The van der Waals surface area contributed by atoms with Crippen LogP contribution in [-0.2, 0) is 15.9 Å². The van der Waals surface area contributed by atoms with E-state index >= 15 is 0 Å². The van der Waals surface area contributed by atoms with E-state index in [2.05, 4.69) is 131 Å². The van der Waals surface area contributed by atoms with Crippen LogP contribution in [0.2, 0.25) is 0 Å². The molecule has 0 aliphatic heterocycles. The van der Waals surface area contributed by atoms with Crippen molar-refractivity contribution in [2.45, 2.75) is 147 Å². The van der Waals surface area contributed by atoms with Gasteiger partial charge in [-0.1, -0.05) is 75.9 Å². The van der Waals surface area contributed by atoms with Crippen molar-refractivity contribution in [1.82, 2.24) is 49.6 Å². The number of rotatable bonds is 12. The summed E-state index contributed by atoms with van der Waals surface area (Å²) < 4.78 is 11.7. The lowest BCUT2D eigenvalue weighted by atomic mass is 9.83. The number of aromatic amines is 2.